The normalized spacial score (nSPS) is 19.6. The molecule has 0 heterocycles. The van der Waals surface area contributed by atoms with E-state index < -0.39 is 26.8 Å². The molecule has 0 spiro atoms. The van der Waals surface area contributed by atoms with E-state index in [0.29, 0.717) is 0 Å². The quantitative estimate of drug-likeness (QED) is 0.346. The van der Waals surface area contributed by atoms with E-state index in [4.69, 9.17) is 0 Å². The second-order valence-corrected chi connectivity index (χ2v) is 29.3. The first-order valence-electron chi connectivity index (χ1n) is 12.1. The summed E-state index contributed by atoms with van der Waals surface area (Å²) in [6.07, 6.45) is 9.95. The molecular weight excluding hydrogens is 456 g/mol. The van der Waals surface area contributed by atoms with Crippen LogP contribution in [-0.4, -0.2) is 5.92 Å². The van der Waals surface area contributed by atoms with E-state index in [1.54, 1.807) is 44.5 Å². The molecule has 0 nitrogen and oxygen atoms in total. The van der Waals surface area contributed by atoms with Gasteiger partial charge in [-0.05, 0) is 0 Å². The third-order valence-corrected chi connectivity index (χ3v) is 29.1. The van der Waals surface area contributed by atoms with Crippen molar-refractivity contribution in [3.8, 4) is 0 Å². The third-order valence-electron chi connectivity index (χ3n) is 7.39. The van der Waals surface area contributed by atoms with Crippen LogP contribution in [0.4, 0.5) is 0 Å². The van der Waals surface area contributed by atoms with Gasteiger partial charge in [0.1, 0.15) is 0 Å². The Bertz CT molecular complexity index is 920. The molecule has 0 amide bonds. The van der Waals surface area contributed by atoms with Gasteiger partial charge in [0, 0.05) is 0 Å². The van der Waals surface area contributed by atoms with Crippen LogP contribution in [0.3, 0.4) is 0 Å². The molecule has 0 bridgehead atoms. The van der Waals surface area contributed by atoms with Crippen molar-refractivity contribution in [2.45, 2.75) is 73.7 Å². The zero-order chi connectivity index (χ0) is 21.4. The molecule has 2 atom stereocenters. The van der Waals surface area contributed by atoms with Crippen LogP contribution in [0.2, 0.25) is 13.1 Å². The van der Waals surface area contributed by atoms with Crippen LogP contribution in [0.15, 0.2) is 47.5 Å². The first kappa shape index (κ1) is 22.2. The Morgan fingerprint density at radius 1 is 0.667 bits per heavy atom. The fourth-order valence-electron chi connectivity index (χ4n) is 5.91. The Hall–Kier alpha value is -0.980. The van der Waals surface area contributed by atoms with E-state index >= 15 is 0 Å². The van der Waals surface area contributed by atoms with E-state index in [2.05, 4.69) is 89.3 Å². The number of fused-ring (bicyclic) bond motifs is 2. The first-order chi connectivity index (χ1) is 14.5. The summed E-state index contributed by atoms with van der Waals surface area (Å²) in [5.74, 6) is -0.748. The van der Waals surface area contributed by atoms with Crippen LogP contribution in [0.5, 0.6) is 0 Å². The molecule has 2 aliphatic carbocycles. The molecular formula is C28H37SiZr. The van der Waals surface area contributed by atoms with Crippen LogP contribution in [0, 0.1) is 0 Å². The van der Waals surface area contributed by atoms with Gasteiger partial charge in [0.25, 0.3) is 0 Å². The molecule has 157 valence electrons. The summed E-state index contributed by atoms with van der Waals surface area (Å²) in [4.78, 5) is 0. The van der Waals surface area contributed by atoms with E-state index in [1.807, 2.05) is 0 Å². The SMILES string of the molecule is CCC1=Cc2c(CC)cccc2[CH]1[Zr]([CH]1C(CC)=Cc2c(CC)cccc21)[SiH](C)C. The number of aryl methyl sites for hydroxylation is 2. The maximum atomic E-state index is 2.68. The van der Waals surface area contributed by atoms with Crippen molar-refractivity contribution in [1.29, 1.82) is 0 Å². The number of rotatable bonds is 7. The molecule has 2 heteroatoms. The molecule has 2 unspecified atom stereocenters. The molecule has 0 aliphatic heterocycles. The second-order valence-electron chi connectivity index (χ2n) is 9.21. The fraction of sp³-hybridized carbons (Fsp3) is 0.429. The zero-order valence-electron chi connectivity index (χ0n) is 19.7. The van der Waals surface area contributed by atoms with Crippen LogP contribution < -0.4 is 0 Å². The van der Waals surface area contributed by atoms with Gasteiger partial charge in [-0.3, -0.25) is 0 Å². The summed E-state index contributed by atoms with van der Waals surface area (Å²) in [6.45, 7) is 14.8. The van der Waals surface area contributed by atoms with Gasteiger partial charge in [-0.25, -0.2) is 0 Å². The number of allylic oxidation sites excluding steroid dienone is 2. The molecule has 0 radical (unpaired) electrons. The zero-order valence-corrected chi connectivity index (χ0v) is 23.3. The Labute approximate surface area is 192 Å². The molecule has 2 aromatic rings. The summed E-state index contributed by atoms with van der Waals surface area (Å²) in [5, 5.41) is 0. The maximum absolute atomic E-state index is 2.68. The van der Waals surface area contributed by atoms with Crippen LogP contribution >= 0.6 is 0 Å². The van der Waals surface area contributed by atoms with Gasteiger partial charge < -0.3 is 0 Å². The van der Waals surface area contributed by atoms with E-state index in [1.165, 1.54) is 12.8 Å². The van der Waals surface area contributed by atoms with Gasteiger partial charge in [0.2, 0.25) is 0 Å². The molecule has 0 saturated heterocycles. The standard InChI is InChI=1S/2C13H15.C2H7Si.Zr/c2*1-3-10-8-12-7-5-6-11(4-2)13(12)9-10;1-3-2;/h2*5-9H,3-4H2,1-2H3;3H,1-2H3;. The third kappa shape index (κ3) is 3.63. The van der Waals surface area contributed by atoms with Gasteiger partial charge in [-0.2, -0.15) is 0 Å². The van der Waals surface area contributed by atoms with Crippen molar-refractivity contribution in [3.63, 3.8) is 0 Å². The van der Waals surface area contributed by atoms with Crippen molar-refractivity contribution < 1.29 is 20.9 Å². The minimum absolute atomic E-state index is 0.748. The van der Waals surface area contributed by atoms with Gasteiger partial charge >= 0.3 is 194 Å². The molecule has 4 rings (SSSR count). The van der Waals surface area contributed by atoms with Crippen molar-refractivity contribution in [2.75, 3.05) is 0 Å². The average molecular weight is 493 g/mol. The topological polar surface area (TPSA) is 0 Å². The second kappa shape index (κ2) is 9.25. The first-order valence-corrected chi connectivity index (χ1v) is 22.0. The fourth-order valence-corrected chi connectivity index (χ4v) is 29.1. The van der Waals surface area contributed by atoms with Gasteiger partial charge in [-0.1, -0.05) is 0 Å². The van der Waals surface area contributed by atoms with Crippen molar-refractivity contribution in [2.24, 2.45) is 0 Å². The van der Waals surface area contributed by atoms with Crippen molar-refractivity contribution in [1.82, 2.24) is 0 Å². The molecule has 30 heavy (non-hydrogen) atoms. The summed E-state index contributed by atoms with van der Waals surface area (Å²) in [6, 6.07) is 14.4. The Balaban J connectivity index is 1.88. The van der Waals surface area contributed by atoms with Crippen molar-refractivity contribution >= 4 is 18.1 Å². The predicted molar refractivity (Wildman–Crippen MR) is 133 cm³/mol. The van der Waals surface area contributed by atoms with Crippen LogP contribution in [0.25, 0.3) is 12.2 Å². The molecule has 0 fully saturated rings. The molecule has 0 saturated carbocycles. The molecule has 0 N–H and O–H groups in total. The van der Waals surface area contributed by atoms with E-state index in [-0.39, 0.29) is 0 Å². The summed E-state index contributed by atoms with van der Waals surface area (Å²) in [5.41, 5.74) is 13.2. The predicted octanol–water partition coefficient (Wildman–Crippen LogP) is 7.81. The minimum atomic E-state index is -1.86. The Morgan fingerprint density at radius 3 is 1.43 bits per heavy atom. The summed E-state index contributed by atoms with van der Waals surface area (Å²) >= 11 is -1.86. The Kier molecular flexibility index (Phi) is 6.85. The summed E-state index contributed by atoms with van der Waals surface area (Å²) in [7, 11) is 0. The summed E-state index contributed by atoms with van der Waals surface area (Å²) < 4.78 is 1.59. The number of hydrogen-bond acceptors (Lipinski definition) is 0. The number of hydrogen-bond donors (Lipinski definition) is 0. The molecule has 2 aliphatic rings. The van der Waals surface area contributed by atoms with E-state index in [0.717, 1.165) is 20.1 Å². The number of benzene rings is 2. The van der Waals surface area contributed by atoms with Crippen LogP contribution in [-0.2, 0) is 33.8 Å². The van der Waals surface area contributed by atoms with E-state index in [9.17, 15) is 0 Å². The van der Waals surface area contributed by atoms with Gasteiger partial charge in [-0.15, -0.1) is 0 Å². The van der Waals surface area contributed by atoms with Gasteiger partial charge in [0.15, 0.2) is 0 Å². The van der Waals surface area contributed by atoms with Gasteiger partial charge in [0.05, 0.1) is 0 Å². The molecule has 0 aromatic heterocycles. The Morgan fingerprint density at radius 2 is 1.10 bits per heavy atom. The van der Waals surface area contributed by atoms with Crippen molar-refractivity contribution in [3.05, 3.63) is 80.9 Å². The molecule has 2 aromatic carbocycles. The van der Waals surface area contributed by atoms with Crippen LogP contribution in [0.1, 0.15) is 81.2 Å². The average Bonchev–Trinajstić information content (AvgIpc) is 3.32. The monoisotopic (exact) mass is 491 g/mol.